The van der Waals surface area contributed by atoms with Gasteiger partial charge in [-0.3, -0.25) is 9.59 Å². The molecule has 2 aliphatic heterocycles. The largest absolute Gasteiger partial charge is 0.343 e. The first-order valence-electron chi connectivity index (χ1n) is 12.8. The highest BCUT2D eigenvalue weighted by Gasteiger charge is 2.43. The lowest BCUT2D eigenvalue weighted by Crippen LogP contribution is -2.30. The summed E-state index contributed by atoms with van der Waals surface area (Å²) in [5.74, 6) is -0.120. The van der Waals surface area contributed by atoms with E-state index < -0.39 is 0 Å². The molecule has 2 heterocycles. The summed E-state index contributed by atoms with van der Waals surface area (Å²) < 4.78 is 0. The molecule has 0 radical (unpaired) electrons. The predicted octanol–water partition coefficient (Wildman–Crippen LogP) is 5.66. The zero-order valence-corrected chi connectivity index (χ0v) is 21.4. The van der Waals surface area contributed by atoms with Gasteiger partial charge in [0.25, 0.3) is 11.8 Å². The van der Waals surface area contributed by atoms with Gasteiger partial charge >= 0.3 is 0 Å². The lowest BCUT2D eigenvalue weighted by atomic mass is 9.93. The molecule has 0 N–H and O–H groups in total. The van der Waals surface area contributed by atoms with Crippen molar-refractivity contribution >= 4 is 40.7 Å². The fraction of sp³-hybridized carbons (Fsp3) is 0.258. The van der Waals surface area contributed by atoms with E-state index in [1.807, 2.05) is 36.4 Å². The third-order valence-electron chi connectivity index (χ3n) is 7.64. The van der Waals surface area contributed by atoms with E-state index >= 15 is 0 Å². The van der Waals surface area contributed by atoms with Crippen molar-refractivity contribution in [2.45, 2.75) is 38.1 Å². The molecule has 1 aliphatic carbocycles. The molecule has 3 aromatic rings. The summed E-state index contributed by atoms with van der Waals surface area (Å²) in [6, 6.07) is 24.6. The van der Waals surface area contributed by atoms with Crippen molar-refractivity contribution in [1.82, 2.24) is 4.90 Å². The third-order valence-corrected chi connectivity index (χ3v) is 7.64. The zero-order chi connectivity index (χ0) is 25.7. The minimum Gasteiger partial charge on any atom is -0.343 e. The fourth-order valence-corrected chi connectivity index (χ4v) is 6.04. The lowest BCUT2D eigenvalue weighted by Gasteiger charge is -2.28. The Balaban J connectivity index is 1.44. The number of nitrogens with zero attached hydrogens (tertiary/aromatic N) is 4. The van der Waals surface area contributed by atoms with E-state index in [0.717, 1.165) is 12.0 Å². The van der Waals surface area contributed by atoms with Crippen LogP contribution in [0.4, 0.5) is 17.1 Å². The summed E-state index contributed by atoms with van der Waals surface area (Å²) in [4.78, 5) is 30.6. The molecule has 186 valence electrons. The lowest BCUT2D eigenvalue weighted by molar-refractivity contribution is -0.122. The normalized spacial score (nSPS) is 21.3. The number of carbonyl (C=O) groups excluding carboxylic acids is 2. The number of fused-ring (bicyclic) bond motifs is 3. The Morgan fingerprint density at radius 1 is 0.973 bits per heavy atom. The van der Waals surface area contributed by atoms with Crippen LogP contribution in [0.25, 0.3) is 6.08 Å². The van der Waals surface area contributed by atoms with Crippen molar-refractivity contribution in [3.8, 4) is 0 Å². The van der Waals surface area contributed by atoms with Crippen molar-refractivity contribution in [2.24, 2.45) is 5.10 Å². The number of hydrazone groups is 1. The molecular formula is C31H30N4O2. The smallest absolute Gasteiger partial charge is 0.281 e. The van der Waals surface area contributed by atoms with E-state index in [0.29, 0.717) is 23.2 Å². The number of para-hydroxylation sites is 2. The maximum absolute atomic E-state index is 13.6. The highest BCUT2D eigenvalue weighted by atomic mass is 16.2. The number of rotatable bonds is 4. The maximum Gasteiger partial charge on any atom is 0.281 e. The van der Waals surface area contributed by atoms with E-state index in [4.69, 9.17) is 0 Å². The van der Waals surface area contributed by atoms with Gasteiger partial charge in [0, 0.05) is 37.4 Å². The summed E-state index contributed by atoms with van der Waals surface area (Å²) in [6.45, 7) is 2.14. The monoisotopic (exact) mass is 490 g/mol. The van der Waals surface area contributed by atoms with Crippen molar-refractivity contribution in [2.75, 3.05) is 24.0 Å². The van der Waals surface area contributed by atoms with Crippen LogP contribution in [0.2, 0.25) is 0 Å². The SMILES string of the molecule is Cc1cc(C=C2C(=O)N(c3ccccc3)N=C2C(=O)N(C)C)cc2c1N(c1ccccc1)C1CCCC21. The van der Waals surface area contributed by atoms with Gasteiger partial charge in [0.15, 0.2) is 5.71 Å². The second-order valence-electron chi connectivity index (χ2n) is 10.2. The minimum atomic E-state index is -0.292. The standard InChI is InChI=1S/C31H30N4O2/c1-20-17-21(18-25-24-15-10-16-27(24)34(29(20)25)22-11-6-4-7-12-22)19-26-28(31(37)33(2)3)32-35(30(26)36)23-13-8-5-9-14-23/h4-9,11-14,17-19,24,27H,10,15-16H2,1-3H3. The van der Waals surface area contributed by atoms with Crippen LogP contribution in [-0.4, -0.2) is 42.6 Å². The number of anilines is 3. The maximum atomic E-state index is 13.6. The quantitative estimate of drug-likeness (QED) is 0.444. The first kappa shape index (κ1) is 23.2. The summed E-state index contributed by atoms with van der Waals surface area (Å²) in [5, 5.41) is 5.80. The van der Waals surface area contributed by atoms with Gasteiger partial charge in [0.1, 0.15) is 0 Å². The Bertz CT molecular complexity index is 1440. The first-order valence-corrected chi connectivity index (χ1v) is 12.8. The highest BCUT2D eigenvalue weighted by Crippen LogP contribution is 2.53. The van der Waals surface area contributed by atoms with Gasteiger partial charge in [-0.05, 0) is 78.9 Å². The van der Waals surface area contributed by atoms with Gasteiger partial charge in [-0.15, -0.1) is 0 Å². The zero-order valence-electron chi connectivity index (χ0n) is 21.4. The third kappa shape index (κ3) is 3.84. The molecule has 1 fully saturated rings. The highest BCUT2D eigenvalue weighted by molar-refractivity contribution is 6.55. The van der Waals surface area contributed by atoms with Gasteiger partial charge in [0.05, 0.1) is 11.3 Å². The molecule has 0 spiro atoms. The van der Waals surface area contributed by atoms with Crippen LogP contribution in [0.1, 0.15) is 41.9 Å². The molecule has 0 aromatic heterocycles. The van der Waals surface area contributed by atoms with Crippen molar-refractivity contribution < 1.29 is 9.59 Å². The van der Waals surface area contributed by atoms with Crippen LogP contribution in [0, 0.1) is 6.92 Å². The van der Waals surface area contributed by atoms with Crippen LogP contribution in [0.15, 0.2) is 83.5 Å². The number of benzene rings is 3. The minimum absolute atomic E-state index is 0.168. The van der Waals surface area contributed by atoms with E-state index in [-0.39, 0.29) is 17.5 Å². The molecular weight excluding hydrogens is 460 g/mol. The number of hydrogen-bond acceptors (Lipinski definition) is 4. The second-order valence-corrected chi connectivity index (χ2v) is 10.2. The Morgan fingerprint density at radius 3 is 2.32 bits per heavy atom. The summed E-state index contributed by atoms with van der Waals surface area (Å²) in [6.07, 6.45) is 5.38. The molecule has 2 atom stereocenters. The number of amides is 2. The first-order chi connectivity index (χ1) is 17.9. The molecule has 0 saturated heterocycles. The van der Waals surface area contributed by atoms with Gasteiger partial charge in [-0.25, -0.2) is 0 Å². The van der Waals surface area contributed by atoms with Crippen LogP contribution >= 0.6 is 0 Å². The van der Waals surface area contributed by atoms with Crippen molar-refractivity contribution in [3.63, 3.8) is 0 Å². The average Bonchev–Trinajstić information content (AvgIpc) is 3.59. The summed E-state index contributed by atoms with van der Waals surface area (Å²) in [7, 11) is 3.35. The Hall–Kier alpha value is -4.19. The van der Waals surface area contributed by atoms with Crippen LogP contribution in [0.3, 0.4) is 0 Å². The molecule has 37 heavy (non-hydrogen) atoms. The predicted molar refractivity (Wildman–Crippen MR) is 148 cm³/mol. The topological polar surface area (TPSA) is 56.2 Å². The number of hydrogen-bond donors (Lipinski definition) is 0. The molecule has 1 saturated carbocycles. The molecule has 6 nitrogen and oxygen atoms in total. The molecule has 3 aliphatic rings. The average molecular weight is 491 g/mol. The Labute approximate surface area is 217 Å². The van der Waals surface area contributed by atoms with Crippen LogP contribution in [-0.2, 0) is 9.59 Å². The van der Waals surface area contributed by atoms with E-state index in [1.165, 1.54) is 45.3 Å². The van der Waals surface area contributed by atoms with Gasteiger partial charge < -0.3 is 9.80 Å². The van der Waals surface area contributed by atoms with Gasteiger partial charge in [0.2, 0.25) is 0 Å². The number of carbonyl (C=O) groups is 2. The Morgan fingerprint density at radius 2 is 1.65 bits per heavy atom. The summed E-state index contributed by atoms with van der Waals surface area (Å²) in [5.41, 5.74) is 7.07. The second kappa shape index (κ2) is 9.04. The fourth-order valence-electron chi connectivity index (χ4n) is 6.04. The molecule has 2 unspecified atom stereocenters. The summed E-state index contributed by atoms with van der Waals surface area (Å²) >= 11 is 0. The number of aryl methyl sites for hydroxylation is 1. The van der Waals surface area contributed by atoms with E-state index in [1.54, 1.807) is 14.1 Å². The molecule has 6 heteroatoms. The van der Waals surface area contributed by atoms with E-state index in [2.05, 4.69) is 59.4 Å². The van der Waals surface area contributed by atoms with Crippen LogP contribution in [0.5, 0.6) is 0 Å². The van der Waals surface area contributed by atoms with Gasteiger partial charge in [-0.1, -0.05) is 42.8 Å². The molecule has 2 amide bonds. The van der Waals surface area contributed by atoms with E-state index in [9.17, 15) is 9.59 Å². The Kier molecular flexibility index (Phi) is 5.67. The van der Waals surface area contributed by atoms with Crippen molar-refractivity contribution in [3.05, 3.63) is 95.1 Å². The molecule has 6 rings (SSSR count). The molecule has 0 bridgehead atoms. The van der Waals surface area contributed by atoms with Gasteiger partial charge in [-0.2, -0.15) is 10.1 Å². The molecule has 3 aromatic carbocycles. The van der Waals surface area contributed by atoms with Crippen molar-refractivity contribution in [1.29, 1.82) is 0 Å². The van der Waals surface area contributed by atoms with Crippen LogP contribution < -0.4 is 9.91 Å².